The number of nitrogens with zero attached hydrogens (tertiary/aromatic N) is 3. The third-order valence-corrected chi connectivity index (χ3v) is 3.73. The monoisotopic (exact) mass is 370 g/mol. The molecule has 0 unspecified atom stereocenters. The van der Waals surface area contributed by atoms with Gasteiger partial charge in [0.1, 0.15) is 12.7 Å². The highest BCUT2D eigenvalue weighted by atomic mass is 35.5. The minimum Gasteiger partial charge on any atom is -0.452 e. The van der Waals surface area contributed by atoms with E-state index >= 15 is 0 Å². The van der Waals surface area contributed by atoms with Crippen LogP contribution in [-0.2, 0) is 16.1 Å². The summed E-state index contributed by atoms with van der Waals surface area (Å²) in [7, 11) is 0. The second-order valence-electron chi connectivity index (χ2n) is 5.37. The van der Waals surface area contributed by atoms with E-state index in [9.17, 15) is 9.59 Å². The van der Waals surface area contributed by atoms with E-state index in [2.05, 4.69) is 15.4 Å². The van der Waals surface area contributed by atoms with Crippen molar-refractivity contribution in [2.75, 3.05) is 6.61 Å². The number of halogens is 1. The number of nitrogens with one attached hydrogen (secondary N) is 1. The van der Waals surface area contributed by atoms with Gasteiger partial charge < -0.3 is 10.1 Å². The number of ether oxygens (including phenoxy) is 1. The summed E-state index contributed by atoms with van der Waals surface area (Å²) in [5.74, 6) is -0.967. The van der Waals surface area contributed by atoms with Gasteiger partial charge in [-0.15, -0.1) is 0 Å². The smallest absolute Gasteiger partial charge is 0.338 e. The van der Waals surface area contributed by atoms with Gasteiger partial charge in [0.25, 0.3) is 5.91 Å². The normalized spacial score (nSPS) is 10.3. The SMILES string of the molecule is O=C(COC(=O)c1ccc(-n2cncn2)cc1)NCc1cccc(Cl)c1. The first-order valence-corrected chi connectivity index (χ1v) is 8.13. The lowest BCUT2D eigenvalue weighted by atomic mass is 10.2. The Labute approximate surface area is 154 Å². The molecule has 0 radical (unpaired) electrons. The lowest BCUT2D eigenvalue weighted by molar-refractivity contribution is -0.124. The minimum absolute atomic E-state index is 0.309. The average molecular weight is 371 g/mol. The third kappa shape index (κ3) is 4.67. The van der Waals surface area contributed by atoms with Crippen LogP contribution in [0.15, 0.2) is 61.2 Å². The van der Waals surface area contributed by atoms with Crippen LogP contribution in [0.4, 0.5) is 0 Å². The lowest BCUT2D eigenvalue weighted by Gasteiger charge is -2.07. The van der Waals surface area contributed by atoms with E-state index in [1.807, 2.05) is 6.07 Å². The molecule has 3 aromatic rings. The molecule has 3 rings (SSSR count). The quantitative estimate of drug-likeness (QED) is 0.673. The van der Waals surface area contributed by atoms with E-state index in [4.69, 9.17) is 16.3 Å². The number of benzene rings is 2. The van der Waals surface area contributed by atoms with Crippen LogP contribution in [-0.4, -0.2) is 33.2 Å². The van der Waals surface area contributed by atoms with Crippen molar-refractivity contribution in [3.8, 4) is 5.69 Å². The van der Waals surface area contributed by atoms with Gasteiger partial charge in [-0.05, 0) is 42.0 Å². The van der Waals surface area contributed by atoms with Gasteiger partial charge in [-0.3, -0.25) is 4.79 Å². The Kier molecular flexibility index (Phi) is 5.60. The van der Waals surface area contributed by atoms with Gasteiger partial charge in [-0.2, -0.15) is 5.10 Å². The zero-order valence-electron chi connectivity index (χ0n) is 13.6. The number of carbonyl (C=O) groups excluding carboxylic acids is 2. The van der Waals surface area contributed by atoms with Gasteiger partial charge in [-0.25, -0.2) is 14.5 Å². The molecule has 0 aliphatic rings. The molecular weight excluding hydrogens is 356 g/mol. The summed E-state index contributed by atoms with van der Waals surface area (Å²) in [6.45, 7) is -0.0478. The molecule has 1 aromatic heterocycles. The summed E-state index contributed by atoms with van der Waals surface area (Å²) >= 11 is 5.88. The molecule has 132 valence electrons. The molecule has 0 fully saturated rings. The van der Waals surface area contributed by atoms with Gasteiger partial charge in [0.05, 0.1) is 11.3 Å². The Hall–Kier alpha value is -3.19. The summed E-state index contributed by atoms with van der Waals surface area (Å²) in [6.07, 6.45) is 2.97. The molecule has 0 aliphatic heterocycles. The first-order chi connectivity index (χ1) is 12.6. The van der Waals surface area contributed by atoms with E-state index in [1.165, 1.54) is 6.33 Å². The maximum atomic E-state index is 12.0. The van der Waals surface area contributed by atoms with Crippen molar-refractivity contribution in [1.82, 2.24) is 20.1 Å². The number of esters is 1. The van der Waals surface area contributed by atoms with Crippen LogP contribution < -0.4 is 5.32 Å². The first kappa shape index (κ1) is 17.6. The topological polar surface area (TPSA) is 86.1 Å². The third-order valence-electron chi connectivity index (χ3n) is 3.50. The minimum atomic E-state index is -0.576. The fourth-order valence-corrected chi connectivity index (χ4v) is 2.42. The fourth-order valence-electron chi connectivity index (χ4n) is 2.20. The van der Waals surface area contributed by atoms with Crippen molar-refractivity contribution in [3.05, 3.63) is 77.3 Å². The van der Waals surface area contributed by atoms with Crippen molar-refractivity contribution >= 4 is 23.5 Å². The van der Waals surface area contributed by atoms with Crippen molar-refractivity contribution in [2.45, 2.75) is 6.54 Å². The van der Waals surface area contributed by atoms with Crippen molar-refractivity contribution in [2.24, 2.45) is 0 Å². The van der Waals surface area contributed by atoms with Crippen molar-refractivity contribution in [1.29, 1.82) is 0 Å². The Balaban J connectivity index is 1.48. The summed E-state index contributed by atoms with van der Waals surface area (Å²) in [4.78, 5) is 27.7. The van der Waals surface area contributed by atoms with Crippen LogP contribution in [0.3, 0.4) is 0 Å². The number of aromatic nitrogens is 3. The van der Waals surface area contributed by atoms with E-state index < -0.39 is 11.9 Å². The molecule has 26 heavy (non-hydrogen) atoms. The maximum absolute atomic E-state index is 12.0. The molecule has 1 heterocycles. The molecular formula is C18H15ClN4O3. The summed E-state index contributed by atoms with van der Waals surface area (Å²) in [5, 5.41) is 7.26. The van der Waals surface area contributed by atoms with E-state index in [1.54, 1.807) is 53.5 Å². The van der Waals surface area contributed by atoms with Crippen LogP contribution in [0, 0.1) is 0 Å². The number of amides is 1. The highest BCUT2D eigenvalue weighted by Crippen LogP contribution is 2.11. The van der Waals surface area contributed by atoms with E-state index in [0.717, 1.165) is 11.3 Å². The zero-order valence-corrected chi connectivity index (χ0v) is 14.4. The van der Waals surface area contributed by atoms with E-state index in [-0.39, 0.29) is 6.61 Å². The molecule has 0 spiro atoms. The van der Waals surface area contributed by atoms with Crippen LogP contribution >= 0.6 is 11.6 Å². The molecule has 0 saturated heterocycles. The van der Waals surface area contributed by atoms with Gasteiger partial charge in [0.15, 0.2) is 6.61 Å². The zero-order chi connectivity index (χ0) is 18.4. The number of hydrogen-bond acceptors (Lipinski definition) is 5. The van der Waals surface area contributed by atoms with Crippen LogP contribution in [0.2, 0.25) is 5.02 Å². The molecule has 0 bridgehead atoms. The second kappa shape index (κ2) is 8.26. The van der Waals surface area contributed by atoms with Gasteiger partial charge >= 0.3 is 5.97 Å². The highest BCUT2D eigenvalue weighted by molar-refractivity contribution is 6.30. The molecule has 7 nitrogen and oxygen atoms in total. The predicted octanol–water partition coefficient (Wildman–Crippen LogP) is 2.39. The Bertz CT molecular complexity index is 895. The largest absolute Gasteiger partial charge is 0.452 e. The maximum Gasteiger partial charge on any atom is 0.338 e. The van der Waals surface area contributed by atoms with Crippen LogP contribution in [0.5, 0.6) is 0 Å². The molecule has 8 heteroatoms. The summed E-state index contributed by atoms with van der Waals surface area (Å²) < 4.78 is 6.59. The van der Waals surface area contributed by atoms with Gasteiger partial charge in [0, 0.05) is 11.6 Å². The molecule has 0 saturated carbocycles. The highest BCUT2D eigenvalue weighted by Gasteiger charge is 2.10. The van der Waals surface area contributed by atoms with E-state index in [0.29, 0.717) is 17.1 Å². The molecule has 1 N–H and O–H groups in total. The Morgan fingerprint density at radius 2 is 1.96 bits per heavy atom. The summed E-state index contributed by atoms with van der Waals surface area (Å²) in [6, 6.07) is 13.8. The number of carbonyl (C=O) groups is 2. The Morgan fingerprint density at radius 3 is 2.65 bits per heavy atom. The number of hydrogen-bond donors (Lipinski definition) is 1. The van der Waals surface area contributed by atoms with Gasteiger partial charge in [-0.1, -0.05) is 23.7 Å². The molecule has 2 aromatic carbocycles. The summed E-state index contributed by atoms with van der Waals surface area (Å²) in [5.41, 5.74) is 1.97. The molecule has 0 atom stereocenters. The predicted molar refractivity (Wildman–Crippen MR) is 94.9 cm³/mol. The standard InChI is InChI=1S/C18H15ClN4O3/c19-15-3-1-2-13(8-15)9-21-17(24)10-26-18(25)14-4-6-16(7-5-14)23-12-20-11-22-23/h1-8,11-12H,9-10H2,(H,21,24). The van der Waals surface area contributed by atoms with Crippen molar-refractivity contribution in [3.63, 3.8) is 0 Å². The first-order valence-electron chi connectivity index (χ1n) is 7.75. The second-order valence-corrected chi connectivity index (χ2v) is 5.81. The molecule has 0 aliphatic carbocycles. The Morgan fingerprint density at radius 1 is 1.15 bits per heavy atom. The van der Waals surface area contributed by atoms with Crippen molar-refractivity contribution < 1.29 is 14.3 Å². The number of rotatable bonds is 6. The van der Waals surface area contributed by atoms with Crippen LogP contribution in [0.1, 0.15) is 15.9 Å². The van der Waals surface area contributed by atoms with Gasteiger partial charge in [0.2, 0.25) is 0 Å². The average Bonchev–Trinajstić information content (AvgIpc) is 3.19. The van der Waals surface area contributed by atoms with Crippen LogP contribution in [0.25, 0.3) is 5.69 Å². The lowest BCUT2D eigenvalue weighted by Crippen LogP contribution is -2.28. The fraction of sp³-hybridized carbons (Fsp3) is 0.111. The molecule has 1 amide bonds.